The van der Waals surface area contributed by atoms with Crippen LogP contribution in [0.1, 0.15) is 58.8 Å². The van der Waals surface area contributed by atoms with Gasteiger partial charge in [0.25, 0.3) is 0 Å². The Morgan fingerprint density at radius 1 is 1.28 bits per heavy atom. The van der Waals surface area contributed by atoms with Gasteiger partial charge < -0.3 is 0 Å². The number of quaternary nitrogens is 1. The van der Waals surface area contributed by atoms with Crippen LogP contribution in [0.15, 0.2) is 24.4 Å². The number of likely N-dealkylation sites (tertiary alicyclic amines) is 1. The molecular formula is C22H34NO2+. The van der Waals surface area contributed by atoms with Gasteiger partial charge in [-0.3, -0.25) is 4.79 Å². The highest BCUT2D eigenvalue weighted by Gasteiger charge is 2.63. The van der Waals surface area contributed by atoms with Crippen LogP contribution in [0.3, 0.4) is 0 Å². The van der Waals surface area contributed by atoms with Gasteiger partial charge in [0.1, 0.15) is 20.2 Å². The van der Waals surface area contributed by atoms with Crippen LogP contribution in [0.25, 0.3) is 0 Å². The van der Waals surface area contributed by atoms with Crippen LogP contribution in [-0.4, -0.2) is 30.6 Å². The smallest absolute Gasteiger partial charge is 0.161 e. The number of carbonyl (C=O) groups excluding carboxylic acids is 1. The summed E-state index contributed by atoms with van der Waals surface area (Å²) in [6.45, 7) is 10.4. The van der Waals surface area contributed by atoms with Crippen molar-refractivity contribution >= 4 is 5.78 Å². The van der Waals surface area contributed by atoms with Crippen molar-refractivity contribution in [2.24, 2.45) is 28.6 Å². The van der Waals surface area contributed by atoms with Crippen LogP contribution in [0.5, 0.6) is 0 Å². The van der Waals surface area contributed by atoms with E-state index in [0.717, 1.165) is 18.9 Å². The number of piperidine rings is 1. The fourth-order valence-electron chi connectivity index (χ4n) is 7.12. The topological polar surface area (TPSA) is 26.3 Å². The molecule has 1 heterocycles. The van der Waals surface area contributed by atoms with Crippen LogP contribution in [-0.2, 0) is 9.63 Å². The second-order valence-electron chi connectivity index (χ2n) is 9.74. The van der Waals surface area contributed by atoms with E-state index < -0.39 is 0 Å². The maximum absolute atomic E-state index is 12.3. The van der Waals surface area contributed by atoms with Crippen LogP contribution in [0.2, 0.25) is 0 Å². The van der Waals surface area contributed by atoms with Crippen LogP contribution in [0, 0.1) is 28.6 Å². The lowest BCUT2D eigenvalue weighted by Gasteiger charge is -2.59. The second-order valence-corrected chi connectivity index (χ2v) is 9.74. The van der Waals surface area contributed by atoms with Gasteiger partial charge in [-0.05, 0) is 56.3 Å². The van der Waals surface area contributed by atoms with Gasteiger partial charge in [0.05, 0.1) is 0 Å². The van der Waals surface area contributed by atoms with Crippen molar-refractivity contribution in [3.8, 4) is 0 Å². The molecule has 25 heavy (non-hydrogen) atoms. The number of rotatable bonds is 3. The van der Waals surface area contributed by atoms with E-state index in [1.165, 1.54) is 37.8 Å². The molecule has 0 amide bonds. The van der Waals surface area contributed by atoms with Gasteiger partial charge in [-0.2, -0.15) is 9.48 Å². The van der Waals surface area contributed by atoms with Gasteiger partial charge in [-0.25, -0.2) is 0 Å². The molecule has 3 fully saturated rings. The summed E-state index contributed by atoms with van der Waals surface area (Å²) in [5.74, 6) is 2.53. The predicted octanol–water partition coefficient (Wildman–Crippen LogP) is 4.65. The minimum atomic E-state index is 0.108. The quantitative estimate of drug-likeness (QED) is 0.550. The van der Waals surface area contributed by atoms with Crippen LogP contribution in [0.4, 0.5) is 0 Å². The van der Waals surface area contributed by atoms with E-state index in [1.54, 1.807) is 0 Å². The molecule has 0 bridgehead atoms. The first kappa shape index (κ1) is 17.5. The molecule has 2 saturated carbocycles. The average molecular weight is 345 g/mol. The van der Waals surface area contributed by atoms with E-state index in [1.807, 2.05) is 12.2 Å². The lowest BCUT2D eigenvalue weighted by molar-refractivity contribution is -1.07. The Bertz CT molecular complexity index is 626. The number of carbonyl (C=O) groups is 1. The Morgan fingerprint density at radius 3 is 2.84 bits per heavy atom. The molecule has 4 rings (SSSR count). The number of fused-ring (bicyclic) bond motifs is 5. The summed E-state index contributed by atoms with van der Waals surface area (Å²) in [5, 5.41) is 0. The Balaban J connectivity index is 1.77. The normalized spacial score (nSPS) is 49.0. The maximum atomic E-state index is 12.3. The summed E-state index contributed by atoms with van der Waals surface area (Å²) in [5.41, 5.74) is 1.87. The highest BCUT2D eigenvalue weighted by atomic mass is 16.7. The minimum absolute atomic E-state index is 0.108. The van der Waals surface area contributed by atoms with E-state index in [0.29, 0.717) is 34.9 Å². The minimum Gasteiger partial charge on any atom is -0.295 e. The summed E-state index contributed by atoms with van der Waals surface area (Å²) < 4.78 is 0.488. The van der Waals surface area contributed by atoms with Crippen molar-refractivity contribution in [1.82, 2.24) is 0 Å². The largest absolute Gasteiger partial charge is 0.295 e. The molecule has 6 atom stereocenters. The molecule has 1 saturated heterocycles. The zero-order valence-corrected chi connectivity index (χ0v) is 16.2. The van der Waals surface area contributed by atoms with Gasteiger partial charge >= 0.3 is 0 Å². The van der Waals surface area contributed by atoms with Gasteiger partial charge in [0.2, 0.25) is 0 Å². The predicted molar refractivity (Wildman–Crippen MR) is 99.3 cm³/mol. The number of ketones is 1. The molecule has 4 aliphatic rings. The maximum Gasteiger partial charge on any atom is 0.161 e. The molecule has 0 radical (unpaired) electrons. The van der Waals surface area contributed by atoms with E-state index in [9.17, 15) is 4.79 Å². The Morgan fingerprint density at radius 2 is 2.08 bits per heavy atom. The van der Waals surface area contributed by atoms with Crippen LogP contribution < -0.4 is 0 Å². The first-order valence-electron chi connectivity index (χ1n) is 10.2. The average Bonchev–Trinajstić information content (AvgIpc) is 2.97. The molecular weight excluding hydrogens is 310 g/mol. The van der Waals surface area contributed by atoms with Crippen LogP contribution >= 0.6 is 0 Å². The highest BCUT2D eigenvalue weighted by molar-refractivity contribution is 5.91. The van der Waals surface area contributed by atoms with Gasteiger partial charge in [-0.15, -0.1) is 6.58 Å². The first-order valence-corrected chi connectivity index (χ1v) is 10.2. The third-order valence-corrected chi connectivity index (χ3v) is 8.36. The lowest BCUT2D eigenvalue weighted by atomic mass is 9.50. The molecule has 0 aromatic heterocycles. The first-order chi connectivity index (χ1) is 11.8. The molecule has 0 aromatic rings. The number of hydrogen-bond donors (Lipinski definition) is 0. The Kier molecular flexibility index (Phi) is 4.05. The van der Waals surface area contributed by atoms with Gasteiger partial charge in [-0.1, -0.05) is 19.4 Å². The van der Waals surface area contributed by atoms with Crippen molar-refractivity contribution in [1.29, 1.82) is 0 Å². The number of hydroxylamine groups is 3. The highest BCUT2D eigenvalue weighted by Crippen LogP contribution is 2.65. The molecule has 0 aromatic carbocycles. The van der Waals surface area contributed by atoms with Crippen molar-refractivity contribution in [2.75, 3.05) is 20.2 Å². The fourth-order valence-corrected chi connectivity index (χ4v) is 7.12. The Labute approximate surface area is 152 Å². The van der Waals surface area contributed by atoms with E-state index in [4.69, 9.17) is 4.84 Å². The molecule has 3 nitrogen and oxygen atoms in total. The molecule has 1 unspecified atom stereocenters. The zero-order valence-electron chi connectivity index (χ0n) is 16.2. The molecule has 3 aliphatic carbocycles. The summed E-state index contributed by atoms with van der Waals surface area (Å²) in [4.78, 5) is 18.6. The molecule has 3 heteroatoms. The summed E-state index contributed by atoms with van der Waals surface area (Å²) in [6, 6.07) is 0. The summed E-state index contributed by atoms with van der Waals surface area (Å²) in [7, 11) is 2.18. The van der Waals surface area contributed by atoms with Gasteiger partial charge in [0, 0.05) is 23.8 Å². The van der Waals surface area contributed by atoms with E-state index in [2.05, 4.69) is 27.5 Å². The zero-order chi connectivity index (χ0) is 17.9. The molecule has 0 N–H and O–H groups in total. The molecule has 138 valence electrons. The molecule has 1 aliphatic heterocycles. The van der Waals surface area contributed by atoms with E-state index in [-0.39, 0.29) is 11.2 Å². The standard InChI is InChI=1S/C22H34NO2/c1-5-13-25-23(4)15-17-18-7-6-10-21(18,2)11-9-19(17)22(3)12-8-16(24)14-20(22)23/h5,14,17-19H,1,6-13,15H2,2-4H3/q+1/t17-,18-,19-,21-,22+,23?/m0/s1. The summed E-state index contributed by atoms with van der Waals surface area (Å²) >= 11 is 0. The Hall–Kier alpha value is -0.930. The lowest BCUT2D eigenvalue weighted by Crippen LogP contribution is -2.63. The summed E-state index contributed by atoms with van der Waals surface area (Å²) in [6.07, 6.45) is 12.3. The van der Waals surface area contributed by atoms with Crippen molar-refractivity contribution < 1.29 is 14.3 Å². The van der Waals surface area contributed by atoms with Crippen molar-refractivity contribution in [2.45, 2.75) is 58.8 Å². The monoisotopic (exact) mass is 344 g/mol. The third kappa shape index (κ3) is 2.49. The number of nitrogens with zero attached hydrogens (tertiary/aromatic N) is 1. The SMILES string of the molecule is C=CCO[N+]1(C)C[C@H]2[C@@H]3CCC[C@@]3(C)CC[C@@H]2[C@@]2(C)CCC(=O)C=C21. The van der Waals surface area contributed by atoms with E-state index >= 15 is 0 Å². The number of allylic oxidation sites excluding steroid dienone is 2. The second kappa shape index (κ2) is 5.79. The van der Waals surface area contributed by atoms with Gasteiger partial charge in [0.15, 0.2) is 11.5 Å². The number of hydrogen-bond acceptors (Lipinski definition) is 2. The fraction of sp³-hybridized carbons (Fsp3) is 0.773. The molecule has 0 spiro atoms. The van der Waals surface area contributed by atoms with Crippen molar-refractivity contribution in [3.05, 3.63) is 24.4 Å². The third-order valence-electron chi connectivity index (χ3n) is 8.36. The van der Waals surface area contributed by atoms with Crippen molar-refractivity contribution in [3.63, 3.8) is 0 Å².